The van der Waals surface area contributed by atoms with Crippen LogP contribution in [0.15, 0.2) is 0 Å². The van der Waals surface area contributed by atoms with Gasteiger partial charge < -0.3 is 33.9 Å². The molecule has 0 saturated carbocycles. The van der Waals surface area contributed by atoms with E-state index in [1.54, 1.807) is 0 Å². The minimum absolute atomic E-state index is 0.124. The van der Waals surface area contributed by atoms with E-state index in [1.165, 1.54) is 0 Å². The van der Waals surface area contributed by atoms with E-state index in [4.69, 9.17) is 23.7 Å². The smallest absolute Gasteiger partial charge is 0.148 e. The van der Waals surface area contributed by atoms with Crippen LogP contribution in [0.2, 0.25) is 0 Å². The van der Waals surface area contributed by atoms with Crippen molar-refractivity contribution < 1.29 is 33.9 Å². The Bertz CT molecular complexity index is 377. The lowest BCUT2D eigenvalue weighted by molar-refractivity contribution is -0.174. The summed E-state index contributed by atoms with van der Waals surface area (Å²) >= 11 is 0. The second-order valence-corrected chi connectivity index (χ2v) is 6.40. The van der Waals surface area contributed by atoms with Crippen molar-refractivity contribution in [2.24, 2.45) is 5.41 Å². The zero-order valence-corrected chi connectivity index (χ0v) is 10.9. The fourth-order valence-corrected chi connectivity index (χ4v) is 3.75. The number of epoxide rings is 5. The Morgan fingerprint density at radius 3 is 1.25 bits per heavy atom. The zero-order chi connectivity index (χ0) is 13.5. The Balaban J connectivity index is 1.54. The van der Waals surface area contributed by atoms with Crippen LogP contribution in [0.5, 0.6) is 0 Å². The van der Waals surface area contributed by atoms with Gasteiger partial charge in [-0.15, -0.1) is 0 Å². The van der Waals surface area contributed by atoms with Crippen molar-refractivity contribution in [1.82, 2.24) is 0 Å². The van der Waals surface area contributed by atoms with Crippen LogP contribution in [-0.2, 0) is 23.7 Å². The molecule has 7 heteroatoms. The molecule has 112 valence electrons. The molecule has 0 aromatic carbocycles. The molecule has 0 spiro atoms. The number of ether oxygens (including phenoxy) is 5. The highest BCUT2D eigenvalue weighted by Crippen LogP contribution is 2.57. The molecule has 5 saturated heterocycles. The van der Waals surface area contributed by atoms with Gasteiger partial charge in [0.1, 0.15) is 23.9 Å². The first-order valence-electron chi connectivity index (χ1n) is 7.17. The highest BCUT2D eigenvalue weighted by atomic mass is 16.6. The first-order valence-corrected chi connectivity index (χ1v) is 7.17. The summed E-state index contributed by atoms with van der Waals surface area (Å²) in [6.45, 7) is 2.62. The van der Waals surface area contributed by atoms with E-state index in [0.717, 1.165) is 0 Å². The molecule has 0 aliphatic carbocycles. The van der Waals surface area contributed by atoms with Crippen molar-refractivity contribution in [2.45, 2.75) is 42.2 Å². The Kier molecular flexibility index (Phi) is 2.29. The largest absolute Gasteiger partial charge is 0.389 e. The number of rotatable bonds is 7. The van der Waals surface area contributed by atoms with E-state index in [-0.39, 0.29) is 30.5 Å². The van der Waals surface area contributed by atoms with Crippen LogP contribution in [0.4, 0.5) is 0 Å². The third-order valence-electron chi connectivity index (χ3n) is 5.28. The molecule has 5 aliphatic heterocycles. The summed E-state index contributed by atoms with van der Waals surface area (Å²) in [5.41, 5.74) is -2.10. The van der Waals surface area contributed by atoms with Crippen LogP contribution in [0.3, 0.4) is 0 Å². The van der Waals surface area contributed by atoms with E-state index in [1.807, 2.05) is 0 Å². The monoisotopic (exact) mass is 286 g/mol. The lowest BCUT2D eigenvalue weighted by atomic mass is 9.66. The maximum atomic E-state index is 11.1. The van der Waals surface area contributed by atoms with Crippen LogP contribution in [-0.4, -0.2) is 85.5 Å². The molecule has 0 aromatic rings. The molecule has 5 heterocycles. The van der Waals surface area contributed by atoms with Crippen LogP contribution in [0, 0.1) is 5.41 Å². The minimum atomic E-state index is -1.40. The van der Waals surface area contributed by atoms with Gasteiger partial charge in [0.05, 0.1) is 56.8 Å². The molecular formula is C13H18O7. The van der Waals surface area contributed by atoms with Crippen LogP contribution in [0.25, 0.3) is 0 Å². The van der Waals surface area contributed by atoms with Gasteiger partial charge in [-0.2, -0.15) is 0 Å². The fraction of sp³-hybridized carbons (Fsp3) is 1.00. The second kappa shape index (κ2) is 3.73. The van der Waals surface area contributed by atoms with Crippen LogP contribution >= 0.6 is 0 Å². The SMILES string of the molecule is OC(C(O)(C1CO1)C1CO1)C(C1CO1)(C1CO1)C1CO1. The number of hydrogen-bond acceptors (Lipinski definition) is 7. The van der Waals surface area contributed by atoms with E-state index in [2.05, 4.69) is 0 Å². The molecule has 0 amide bonds. The highest BCUT2D eigenvalue weighted by Gasteiger charge is 2.75. The van der Waals surface area contributed by atoms with Gasteiger partial charge in [-0.25, -0.2) is 0 Å². The van der Waals surface area contributed by atoms with Gasteiger partial charge in [-0.05, 0) is 0 Å². The Hall–Kier alpha value is -0.280. The molecular weight excluding hydrogens is 268 g/mol. The molecule has 6 unspecified atom stereocenters. The number of aliphatic hydroxyl groups is 2. The van der Waals surface area contributed by atoms with Crippen molar-refractivity contribution >= 4 is 0 Å². The number of hydrogen-bond donors (Lipinski definition) is 2. The van der Waals surface area contributed by atoms with Gasteiger partial charge in [0.15, 0.2) is 0 Å². The summed E-state index contributed by atoms with van der Waals surface area (Å²) in [6, 6.07) is 0. The Morgan fingerprint density at radius 1 is 0.700 bits per heavy atom. The number of aliphatic hydroxyl groups excluding tert-OH is 1. The minimum Gasteiger partial charge on any atom is -0.389 e. The third-order valence-corrected chi connectivity index (χ3v) is 5.28. The molecule has 7 nitrogen and oxygen atoms in total. The molecule has 2 N–H and O–H groups in total. The van der Waals surface area contributed by atoms with Crippen molar-refractivity contribution in [1.29, 1.82) is 0 Å². The normalized spacial score (nSPS) is 51.6. The van der Waals surface area contributed by atoms with Gasteiger partial charge in [0, 0.05) is 0 Å². The molecule has 5 fully saturated rings. The first-order chi connectivity index (χ1) is 9.68. The second-order valence-electron chi connectivity index (χ2n) is 6.40. The van der Waals surface area contributed by atoms with Crippen molar-refractivity contribution in [3.8, 4) is 0 Å². The average molecular weight is 286 g/mol. The van der Waals surface area contributed by atoms with Gasteiger partial charge >= 0.3 is 0 Å². The Morgan fingerprint density at radius 2 is 1.00 bits per heavy atom. The molecule has 20 heavy (non-hydrogen) atoms. The third kappa shape index (κ3) is 1.54. The lowest BCUT2D eigenvalue weighted by Gasteiger charge is -2.42. The Labute approximate surface area is 115 Å². The molecule has 5 rings (SSSR count). The van der Waals surface area contributed by atoms with Crippen LogP contribution in [0.1, 0.15) is 0 Å². The summed E-state index contributed by atoms with van der Waals surface area (Å²) < 4.78 is 27.0. The maximum Gasteiger partial charge on any atom is 0.148 e. The summed E-state index contributed by atoms with van der Waals surface area (Å²) in [5.74, 6) is 0. The molecule has 0 bridgehead atoms. The van der Waals surface area contributed by atoms with Crippen molar-refractivity contribution in [3.05, 3.63) is 0 Å². The lowest BCUT2D eigenvalue weighted by Crippen LogP contribution is -2.64. The van der Waals surface area contributed by atoms with Gasteiger partial charge in [-0.3, -0.25) is 0 Å². The maximum absolute atomic E-state index is 11.1. The van der Waals surface area contributed by atoms with Gasteiger partial charge in [0.25, 0.3) is 0 Å². The quantitative estimate of drug-likeness (QED) is 0.525. The first kappa shape index (κ1) is 12.3. The van der Waals surface area contributed by atoms with E-state index in [0.29, 0.717) is 33.0 Å². The van der Waals surface area contributed by atoms with Crippen LogP contribution < -0.4 is 0 Å². The average Bonchev–Trinajstić information content (AvgIpc) is 3.27. The zero-order valence-electron chi connectivity index (χ0n) is 10.9. The van der Waals surface area contributed by atoms with E-state index in [9.17, 15) is 10.2 Å². The molecule has 6 atom stereocenters. The summed E-state index contributed by atoms with van der Waals surface area (Å²) in [6.07, 6.45) is -2.16. The predicted molar refractivity (Wildman–Crippen MR) is 62.1 cm³/mol. The topological polar surface area (TPSA) is 103 Å². The molecule has 0 aromatic heterocycles. The molecule has 0 radical (unpaired) electrons. The van der Waals surface area contributed by atoms with Crippen molar-refractivity contribution in [2.75, 3.05) is 33.0 Å². The fourth-order valence-electron chi connectivity index (χ4n) is 3.75. The van der Waals surface area contributed by atoms with Gasteiger partial charge in [0.2, 0.25) is 0 Å². The van der Waals surface area contributed by atoms with Crippen molar-refractivity contribution in [3.63, 3.8) is 0 Å². The van der Waals surface area contributed by atoms with E-state index < -0.39 is 17.1 Å². The standard InChI is InChI=1S/C13H18O7/c14-11(13(15,9-4-19-9)10-5-20-10)12(6-1-16-6,7-2-17-7)8-3-18-8/h6-11,14-15H,1-5H2. The predicted octanol–water partition coefficient (Wildman–Crippen LogP) is -1.94. The summed E-state index contributed by atoms with van der Waals surface area (Å²) in [4.78, 5) is 0. The highest BCUT2D eigenvalue weighted by molar-refractivity contribution is 5.22. The summed E-state index contributed by atoms with van der Waals surface area (Å²) in [5, 5.41) is 22.1. The van der Waals surface area contributed by atoms with Gasteiger partial charge in [-0.1, -0.05) is 0 Å². The molecule has 5 aliphatic rings. The van der Waals surface area contributed by atoms with E-state index >= 15 is 0 Å². The summed E-state index contributed by atoms with van der Waals surface area (Å²) in [7, 11) is 0.